The highest BCUT2D eigenvalue weighted by molar-refractivity contribution is 5.93. The molecule has 0 spiro atoms. The van der Waals surface area contributed by atoms with Gasteiger partial charge in [0.05, 0.1) is 0 Å². The number of anilines is 2. The van der Waals surface area contributed by atoms with Crippen LogP contribution in [0.4, 0.5) is 11.5 Å². The number of hydrogen-bond acceptors (Lipinski definition) is 4. The van der Waals surface area contributed by atoms with E-state index < -0.39 is 0 Å². The number of amides is 1. The van der Waals surface area contributed by atoms with Gasteiger partial charge in [-0.2, -0.15) is 0 Å². The average Bonchev–Trinajstić information content (AvgIpc) is 2.89. The number of aryl methyl sites for hydroxylation is 1. The first kappa shape index (κ1) is 16.4. The summed E-state index contributed by atoms with van der Waals surface area (Å²) in [6.45, 7) is 8.04. The van der Waals surface area contributed by atoms with Gasteiger partial charge in [-0.1, -0.05) is 25.1 Å². The first-order chi connectivity index (χ1) is 11.5. The SMILES string of the molecule is CCC(C)NC(=O)c1cc(N2c3ccccc3CC2C)nc(C)n1. The van der Waals surface area contributed by atoms with Crippen molar-refractivity contribution in [1.29, 1.82) is 0 Å². The maximum atomic E-state index is 12.4. The summed E-state index contributed by atoms with van der Waals surface area (Å²) in [7, 11) is 0. The molecule has 126 valence electrons. The standard InChI is InChI=1S/C19H24N4O/c1-5-12(2)20-19(24)16-11-18(22-14(4)21-16)23-13(3)10-15-8-6-7-9-17(15)23/h6-9,11-13H,5,10H2,1-4H3,(H,20,24). The van der Waals surface area contributed by atoms with Crippen LogP contribution in [0.15, 0.2) is 30.3 Å². The molecule has 0 saturated heterocycles. The Morgan fingerprint density at radius 1 is 1.38 bits per heavy atom. The van der Waals surface area contributed by atoms with Gasteiger partial charge in [0.15, 0.2) is 0 Å². The lowest BCUT2D eigenvalue weighted by Gasteiger charge is -2.24. The van der Waals surface area contributed by atoms with Crippen molar-refractivity contribution in [1.82, 2.24) is 15.3 Å². The van der Waals surface area contributed by atoms with E-state index in [9.17, 15) is 4.79 Å². The van der Waals surface area contributed by atoms with Crippen molar-refractivity contribution in [3.63, 3.8) is 0 Å². The van der Waals surface area contributed by atoms with E-state index in [1.807, 2.05) is 26.8 Å². The number of fused-ring (bicyclic) bond motifs is 1. The fourth-order valence-electron chi connectivity index (χ4n) is 3.11. The monoisotopic (exact) mass is 324 g/mol. The zero-order valence-electron chi connectivity index (χ0n) is 14.7. The van der Waals surface area contributed by atoms with Crippen molar-refractivity contribution in [2.45, 2.75) is 52.6 Å². The third-order valence-electron chi connectivity index (χ3n) is 4.50. The van der Waals surface area contributed by atoms with E-state index in [0.717, 1.165) is 24.3 Å². The van der Waals surface area contributed by atoms with Crippen LogP contribution in [-0.2, 0) is 6.42 Å². The number of nitrogens with zero attached hydrogens (tertiary/aromatic N) is 3. The Labute approximate surface area is 143 Å². The van der Waals surface area contributed by atoms with Crippen LogP contribution < -0.4 is 10.2 Å². The Bertz CT molecular complexity index is 759. The summed E-state index contributed by atoms with van der Waals surface area (Å²) >= 11 is 0. The normalized spacial score (nSPS) is 17.5. The van der Waals surface area contributed by atoms with Crippen molar-refractivity contribution in [3.05, 3.63) is 47.4 Å². The summed E-state index contributed by atoms with van der Waals surface area (Å²) < 4.78 is 0. The van der Waals surface area contributed by atoms with Gasteiger partial charge in [-0.25, -0.2) is 9.97 Å². The number of rotatable bonds is 4. The number of carbonyl (C=O) groups excluding carboxylic acids is 1. The third kappa shape index (κ3) is 3.11. The Hall–Kier alpha value is -2.43. The Kier molecular flexibility index (Phi) is 4.51. The molecule has 1 aromatic carbocycles. The average molecular weight is 324 g/mol. The molecule has 2 unspecified atom stereocenters. The van der Waals surface area contributed by atoms with Gasteiger partial charge in [0.25, 0.3) is 5.91 Å². The van der Waals surface area contributed by atoms with Crippen LogP contribution in [0.5, 0.6) is 0 Å². The highest BCUT2D eigenvalue weighted by Gasteiger charge is 2.28. The predicted octanol–water partition coefficient (Wildman–Crippen LogP) is 3.40. The molecular formula is C19H24N4O. The van der Waals surface area contributed by atoms with Gasteiger partial charge < -0.3 is 10.2 Å². The fraction of sp³-hybridized carbons (Fsp3) is 0.421. The molecule has 0 fully saturated rings. The predicted molar refractivity (Wildman–Crippen MR) is 95.7 cm³/mol. The molecular weight excluding hydrogens is 300 g/mol. The molecule has 3 rings (SSSR count). The minimum atomic E-state index is -0.142. The summed E-state index contributed by atoms with van der Waals surface area (Å²) in [5.41, 5.74) is 2.90. The molecule has 5 heteroatoms. The van der Waals surface area contributed by atoms with Crippen LogP contribution in [0.1, 0.15) is 49.1 Å². The highest BCUT2D eigenvalue weighted by Crippen LogP contribution is 2.37. The van der Waals surface area contributed by atoms with Crippen molar-refractivity contribution < 1.29 is 4.79 Å². The fourth-order valence-corrected chi connectivity index (χ4v) is 3.11. The molecule has 1 N–H and O–H groups in total. The second kappa shape index (κ2) is 6.59. The third-order valence-corrected chi connectivity index (χ3v) is 4.50. The summed E-state index contributed by atoms with van der Waals surface area (Å²) in [6.07, 6.45) is 1.87. The first-order valence-corrected chi connectivity index (χ1v) is 8.53. The molecule has 1 aliphatic heterocycles. The lowest BCUT2D eigenvalue weighted by molar-refractivity contribution is 0.0934. The smallest absolute Gasteiger partial charge is 0.270 e. The Balaban J connectivity index is 1.96. The Morgan fingerprint density at radius 2 is 2.12 bits per heavy atom. The maximum Gasteiger partial charge on any atom is 0.270 e. The van der Waals surface area contributed by atoms with E-state index in [1.165, 1.54) is 5.56 Å². The van der Waals surface area contributed by atoms with Crippen molar-refractivity contribution in [3.8, 4) is 0 Å². The van der Waals surface area contributed by atoms with Crippen LogP contribution >= 0.6 is 0 Å². The lowest BCUT2D eigenvalue weighted by Crippen LogP contribution is -2.33. The summed E-state index contributed by atoms with van der Waals surface area (Å²) in [6, 6.07) is 10.6. The molecule has 1 aliphatic rings. The van der Waals surface area contributed by atoms with Gasteiger partial charge in [0.1, 0.15) is 17.3 Å². The quantitative estimate of drug-likeness (QED) is 0.936. The van der Waals surface area contributed by atoms with Crippen molar-refractivity contribution >= 4 is 17.4 Å². The molecule has 0 bridgehead atoms. The van der Waals surface area contributed by atoms with E-state index in [0.29, 0.717) is 17.6 Å². The van der Waals surface area contributed by atoms with Crippen LogP contribution in [0.3, 0.4) is 0 Å². The topological polar surface area (TPSA) is 58.1 Å². The van der Waals surface area contributed by atoms with Gasteiger partial charge >= 0.3 is 0 Å². The van der Waals surface area contributed by atoms with E-state index in [2.05, 4.69) is 45.3 Å². The van der Waals surface area contributed by atoms with Gasteiger partial charge in [-0.15, -0.1) is 0 Å². The van der Waals surface area contributed by atoms with E-state index >= 15 is 0 Å². The van der Waals surface area contributed by atoms with Crippen LogP contribution in [0, 0.1) is 6.92 Å². The van der Waals surface area contributed by atoms with Gasteiger partial charge in [-0.05, 0) is 45.2 Å². The molecule has 24 heavy (non-hydrogen) atoms. The van der Waals surface area contributed by atoms with E-state index in [4.69, 9.17) is 0 Å². The van der Waals surface area contributed by atoms with Gasteiger partial charge in [-0.3, -0.25) is 4.79 Å². The zero-order chi connectivity index (χ0) is 17.3. The molecule has 1 amide bonds. The summed E-state index contributed by atoms with van der Waals surface area (Å²) in [4.78, 5) is 23.5. The first-order valence-electron chi connectivity index (χ1n) is 8.53. The largest absolute Gasteiger partial charge is 0.348 e. The number of benzene rings is 1. The van der Waals surface area contributed by atoms with E-state index in [-0.39, 0.29) is 11.9 Å². The van der Waals surface area contributed by atoms with Crippen LogP contribution in [-0.4, -0.2) is 28.0 Å². The second-order valence-electron chi connectivity index (χ2n) is 6.49. The minimum absolute atomic E-state index is 0.127. The van der Waals surface area contributed by atoms with Crippen molar-refractivity contribution in [2.24, 2.45) is 0 Å². The molecule has 2 heterocycles. The number of para-hydroxylation sites is 1. The number of hydrogen-bond donors (Lipinski definition) is 1. The highest BCUT2D eigenvalue weighted by atomic mass is 16.1. The maximum absolute atomic E-state index is 12.4. The number of aromatic nitrogens is 2. The zero-order valence-corrected chi connectivity index (χ0v) is 14.7. The molecule has 2 atom stereocenters. The minimum Gasteiger partial charge on any atom is -0.348 e. The second-order valence-corrected chi connectivity index (χ2v) is 6.49. The molecule has 0 aliphatic carbocycles. The van der Waals surface area contributed by atoms with Crippen LogP contribution in [0.2, 0.25) is 0 Å². The molecule has 1 aromatic heterocycles. The molecule has 0 saturated carbocycles. The molecule has 2 aromatic rings. The van der Waals surface area contributed by atoms with Crippen LogP contribution in [0.25, 0.3) is 0 Å². The molecule has 0 radical (unpaired) electrons. The number of nitrogens with one attached hydrogen (secondary N) is 1. The summed E-state index contributed by atoms with van der Waals surface area (Å²) in [5.74, 6) is 1.25. The van der Waals surface area contributed by atoms with Gasteiger partial charge in [0, 0.05) is 23.8 Å². The molecule has 5 nitrogen and oxygen atoms in total. The number of carbonyl (C=O) groups is 1. The lowest BCUT2D eigenvalue weighted by atomic mass is 10.1. The van der Waals surface area contributed by atoms with Gasteiger partial charge in [0.2, 0.25) is 0 Å². The summed E-state index contributed by atoms with van der Waals surface area (Å²) in [5, 5.41) is 2.97. The van der Waals surface area contributed by atoms with Crippen molar-refractivity contribution in [2.75, 3.05) is 4.90 Å². The Morgan fingerprint density at radius 3 is 2.88 bits per heavy atom. The van der Waals surface area contributed by atoms with E-state index in [1.54, 1.807) is 6.07 Å².